The summed E-state index contributed by atoms with van der Waals surface area (Å²) in [6, 6.07) is 5.70. The van der Waals surface area contributed by atoms with Crippen LogP contribution in [0, 0.1) is 17.2 Å². The molecule has 0 aromatic carbocycles. The van der Waals surface area contributed by atoms with Crippen LogP contribution in [0.15, 0.2) is 18.3 Å². The first kappa shape index (κ1) is 16.7. The molecule has 2 saturated heterocycles. The van der Waals surface area contributed by atoms with Crippen molar-refractivity contribution in [1.82, 2.24) is 14.8 Å². The van der Waals surface area contributed by atoms with Gasteiger partial charge in [-0.3, -0.25) is 9.69 Å². The highest BCUT2D eigenvalue weighted by Crippen LogP contribution is 2.17. The largest absolute Gasteiger partial charge is 0.354 e. The van der Waals surface area contributed by atoms with Crippen molar-refractivity contribution in [3.8, 4) is 6.07 Å². The zero-order valence-corrected chi connectivity index (χ0v) is 14.3. The lowest BCUT2D eigenvalue weighted by Gasteiger charge is -2.37. The van der Waals surface area contributed by atoms with Crippen molar-refractivity contribution in [2.45, 2.75) is 19.8 Å². The van der Waals surface area contributed by atoms with Crippen molar-refractivity contribution < 1.29 is 4.79 Å². The van der Waals surface area contributed by atoms with Gasteiger partial charge in [0, 0.05) is 45.5 Å². The van der Waals surface area contributed by atoms with Gasteiger partial charge in [0.05, 0.1) is 18.2 Å². The summed E-state index contributed by atoms with van der Waals surface area (Å²) >= 11 is 0. The molecular weight excluding hydrogens is 302 g/mol. The molecule has 128 valence electrons. The predicted molar refractivity (Wildman–Crippen MR) is 92.6 cm³/mol. The highest BCUT2D eigenvalue weighted by Gasteiger charge is 2.24. The molecule has 2 aliphatic rings. The molecule has 0 unspecified atom stereocenters. The summed E-state index contributed by atoms with van der Waals surface area (Å²) in [5.74, 6) is 1.86. The van der Waals surface area contributed by atoms with Gasteiger partial charge in [-0.25, -0.2) is 4.98 Å². The number of aromatic nitrogens is 1. The van der Waals surface area contributed by atoms with E-state index >= 15 is 0 Å². The van der Waals surface area contributed by atoms with E-state index in [0.29, 0.717) is 12.1 Å². The number of piperidine rings is 1. The fraction of sp³-hybridized carbons (Fsp3) is 0.611. The third kappa shape index (κ3) is 4.04. The normalized spacial score (nSPS) is 20.0. The molecule has 6 nitrogen and oxygen atoms in total. The minimum absolute atomic E-state index is 0.264. The maximum absolute atomic E-state index is 12.4. The molecule has 1 aromatic rings. The van der Waals surface area contributed by atoms with E-state index in [-0.39, 0.29) is 5.91 Å². The Morgan fingerprint density at radius 3 is 2.62 bits per heavy atom. The number of amides is 1. The molecule has 1 amide bonds. The van der Waals surface area contributed by atoms with Crippen LogP contribution in [0.3, 0.4) is 0 Å². The predicted octanol–water partition coefficient (Wildman–Crippen LogP) is 1.33. The molecule has 1 aromatic heterocycles. The molecule has 3 heterocycles. The summed E-state index contributed by atoms with van der Waals surface area (Å²) in [7, 11) is 0. The Kier molecular flexibility index (Phi) is 5.31. The Morgan fingerprint density at radius 1 is 1.25 bits per heavy atom. The van der Waals surface area contributed by atoms with Gasteiger partial charge in [-0.2, -0.15) is 5.26 Å². The molecule has 0 radical (unpaired) electrons. The maximum atomic E-state index is 12.4. The maximum Gasteiger partial charge on any atom is 0.236 e. The highest BCUT2D eigenvalue weighted by molar-refractivity contribution is 5.78. The molecule has 2 aliphatic heterocycles. The lowest BCUT2D eigenvalue weighted by atomic mass is 9.99. The summed E-state index contributed by atoms with van der Waals surface area (Å²) in [5.41, 5.74) is 0.636. The highest BCUT2D eigenvalue weighted by atomic mass is 16.2. The van der Waals surface area contributed by atoms with Gasteiger partial charge >= 0.3 is 0 Å². The van der Waals surface area contributed by atoms with Crippen molar-refractivity contribution in [3.63, 3.8) is 0 Å². The zero-order valence-electron chi connectivity index (χ0n) is 14.3. The zero-order chi connectivity index (χ0) is 16.9. The molecule has 0 N–H and O–H groups in total. The van der Waals surface area contributed by atoms with Crippen LogP contribution in [-0.2, 0) is 4.79 Å². The number of piperazine rings is 1. The number of likely N-dealkylation sites (tertiary alicyclic amines) is 1. The summed E-state index contributed by atoms with van der Waals surface area (Å²) in [4.78, 5) is 23.2. The molecule has 0 atom stereocenters. The van der Waals surface area contributed by atoms with E-state index in [2.05, 4.69) is 27.8 Å². The van der Waals surface area contributed by atoms with Gasteiger partial charge in [-0.15, -0.1) is 0 Å². The molecule has 0 aliphatic carbocycles. The van der Waals surface area contributed by atoms with Crippen molar-refractivity contribution in [3.05, 3.63) is 23.9 Å². The SMILES string of the molecule is CC1CCN(C(=O)CN2CCN(c3cc(C#N)ccn3)CC2)CC1. The number of pyridine rings is 1. The van der Waals surface area contributed by atoms with Gasteiger partial charge in [0.15, 0.2) is 0 Å². The first-order chi connectivity index (χ1) is 11.7. The Labute approximate surface area is 143 Å². The van der Waals surface area contributed by atoms with Gasteiger partial charge in [-0.05, 0) is 30.9 Å². The number of nitrogens with zero attached hydrogens (tertiary/aromatic N) is 5. The average Bonchev–Trinajstić information content (AvgIpc) is 2.63. The van der Waals surface area contributed by atoms with Crippen LogP contribution in [0.4, 0.5) is 5.82 Å². The van der Waals surface area contributed by atoms with E-state index in [1.807, 2.05) is 11.0 Å². The second kappa shape index (κ2) is 7.63. The van der Waals surface area contributed by atoms with E-state index in [1.165, 1.54) is 0 Å². The second-order valence-electron chi connectivity index (χ2n) is 6.84. The Hall–Kier alpha value is -2.13. The molecule has 2 fully saturated rings. The molecule has 6 heteroatoms. The number of carbonyl (C=O) groups is 1. The number of rotatable bonds is 3. The molecule has 24 heavy (non-hydrogen) atoms. The van der Waals surface area contributed by atoms with Crippen LogP contribution in [0.25, 0.3) is 0 Å². The monoisotopic (exact) mass is 327 g/mol. The van der Waals surface area contributed by atoms with Gasteiger partial charge in [0.25, 0.3) is 0 Å². The summed E-state index contributed by atoms with van der Waals surface area (Å²) < 4.78 is 0. The lowest BCUT2D eigenvalue weighted by Crippen LogP contribution is -2.51. The summed E-state index contributed by atoms with van der Waals surface area (Å²) in [6.07, 6.45) is 3.93. The summed E-state index contributed by atoms with van der Waals surface area (Å²) in [6.45, 7) is 7.99. The fourth-order valence-electron chi connectivity index (χ4n) is 3.35. The van der Waals surface area contributed by atoms with Gasteiger partial charge < -0.3 is 9.80 Å². The topological polar surface area (TPSA) is 63.5 Å². The van der Waals surface area contributed by atoms with Crippen LogP contribution in [0.1, 0.15) is 25.3 Å². The molecule has 0 bridgehead atoms. The number of carbonyl (C=O) groups excluding carboxylic acids is 1. The Balaban J connectivity index is 1.48. The van der Waals surface area contributed by atoms with E-state index in [0.717, 1.165) is 63.8 Å². The molecule has 3 rings (SSSR count). The van der Waals surface area contributed by atoms with E-state index in [9.17, 15) is 4.79 Å². The summed E-state index contributed by atoms with van der Waals surface area (Å²) in [5, 5.41) is 9.00. The van der Waals surface area contributed by atoms with Gasteiger partial charge in [0.1, 0.15) is 5.82 Å². The number of hydrogen-bond acceptors (Lipinski definition) is 5. The van der Waals surface area contributed by atoms with Crippen LogP contribution in [0.2, 0.25) is 0 Å². The minimum Gasteiger partial charge on any atom is -0.354 e. The lowest BCUT2D eigenvalue weighted by molar-refractivity contribution is -0.133. The minimum atomic E-state index is 0.264. The van der Waals surface area contributed by atoms with Crippen molar-refractivity contribution in [1.29, 1.82) is 5.26 Å². The third-order valence-corrected chi connectivity index (χ3v) is 5.07. The smallest absolute Gasteiger partial charge is 0.236 e. The standard InChI is InChI=1S/C18H25N5O/c1-15-3-6-23(7-4-15)18(24)14-21-8-10-22(11-9-21)17-12-16(13-19)2-5-20-17/h2,5,12,15H,3-4,6-11,14H2,1H3. The molecule has 0 saturated carbocycles. The molecular formula is C18H25N5O. The van der Waals surface area contributed by atoms with E-state index < -0.39 is 0 Å². The average molecular weight is 327 g/mol. The second-order valence-corrected chi connectivity index (χ2v) is 6.84. The van der Waals surface area contributed by atoms with Crippen LogP contribution >= 0.6 is 0 Å². The number of anilines is 1. The Bertz CT molecular complexity index is 610. The third-order valence-electron chi connectivity index (χ3n) is 5.07. The first-order valence-electron chi connectivity index (χ1n) is 8.77. The van der Waals surface area contributed by atoms with Crippen molar-refractivity contribution >= 4 is 11.7 Å². The van der Waals surface area contributed by atoms with Crippen LogP contribution in [-0.4, -0.2) is 66.5 Å². The number of nitriles is 1. The van der Waals surface area contributed by atoms with E-state index in [4.69, 9.17) is 5.26 Å². The van der Waals surface area contributed by atoms with Crippen LogP contribution < -0.4 is 4.90 Å². The fourth-order valence-corrected chi connectivity index (χ4v) is 3.35. The van der Waals surface area contributed by atoms with Crippen LogP contribution in [0.5, 0.6) is 0 Å². The van der Waals surface area contributed by atoms with Gasteiger partial charge in [-0.1, -0.05) is 6.92 Å². The van der Waals surface area contributed by atoms with Gasteiger partial charge in [0.2, 0.25) is 5.91 Å². The molecule has 0 spiro atoms. The van der Waals surface area contributed by atoms with Crippen molar-refractivity contribution in [2.24, 2.45) is 5.92 Å². The number of hydrogen-bond donors (Lipinski definition) is 0. The first-order valence-corrected chi connectivity index (χ1v) is 8.77. The van der Waals surface area contributed by atoms with Crippen molar-refractivity contribution in [2.75, 3.05) is 50.7 Å². The van der Waals surface area contributed by atoms with E-state index in [1.54, 1.807) is 12.3 Å². The quantitative estimate of drug-likeness (QED) is 0.838. The Morgan fingerprint density at radius 2 is 1.96 bits per heavy atom.